The maximum Gasteiger partial charge on any atom is 0.00816 e. The number of hydrogen-bond acceptors (Lipinski definition) is 3. The SMILES string of the molecule is CCCN1CCCC(C(C)NC(C)CCSCC)C1. The van der Waals surface area contributed by atoms with E-state index in [4.69, 9.17) is 0 Å². The molecule has 0 aromatic heterocycles. The van der Waals surface area contributed by atoms with E-state index in [1.54, 1.807) is 0 Å². The molecule has 2 nitrogen and oxygen atoms in total. The molecule has 3 unspecified atom stereocenters. The van der Waals surface area contributed by atoms with Crippen LogP contribution < -0.4 is 5.32 Å². The molecule has 1 aliphatic rings. The number of hydrogen-bond donors (Lipinski definition) is 1. The highest BCUT2D eigenvalue weighted by atomic mass is 32.2. The minimum absolute atomic E-state index is 0.663. The summed E-state index contributed by atoms with van der Waals surface area (Å²) < 4.78 is 0. The Kier molecular flexibility index (Phi) is 9.17. The lowest BCUT2D eigenvalue weighted by Crippen LogP contribution is -2.47. The van der Waals surface area contributed by atoms with Gasteiger partial charge in [0.2, 0.25) is 0 Å². The smallest absolute Gasteiger partial charge is 0.00816 e. The van der Waals surface area contributed by atoms with Gasteiger partial charge in [-0.25, -0.2) is 0 Å². The summed E-state index contributed by atoms with van der Waals surface area (Å²) in [7, 11) is 0. The first-order chi connectivity index (χ1) is 9.17. The highest BCUT2D eigenvalue weighted by Gasteiger charge is 2.24. The number of thioether (sulfide) groups is 1. The summed E-state index contributed by atoms with van der Waals surface area (Å²) in [5.74, 6) is 3.39. The van der Waals surface area contributed by atoms with Gasteiger partial charge in [0.1, 0.15) is 0 Å². The summed E-state index contributed by atoms with van der Waals surface area (Å²) in [5, 5.41) is 3.83. The Morgan fingerprint density at radius 2 is 2.11 bits per heavy atom. The van der Waals surface area contributed by atoms with Gasteiger partial charge in [-0.15, -0.1) is 0 Å². The van der Waals surface area contributed by atoms with Gasteiger partial charge in [-0.05, 0) is 70.0 Å². The molecule has 0 aromatic carbocycles. The number of nitrogens with zero attached hydrogens (tertiary/aromatic N) is 1. The minimum atomic E-state index is 0.663. The third-order valence-corrected chi connectivity index (χ3v) is 5.17. The molecule has 0 amide bonds. The van der Waals surface area contributed by atoms with Crippen molar-refractivity contribution in [3.63, 3.8) is 0 Å². The first-order valence-electron chi connectivity index (χ1n) is 8.23. The average molecular weight is 287 g/mol. The van der Waals surface area contributed by atoms with Crippen LogP contribution in [0, 0.1) is 5.92 Å². The molecule has 1 N–H and O–H groups in total. The van der Waals surface area contributed by atoms with Crippen LogP contribution in [0.1, 0.15) is 53.4 Å². The Labute approximate surface area is 125 Å². The monoisotopic (exact) mass is 286 g/mol. The lowest BCUT2D eigenvalue weighted by Gasteiger charge is -2.37. The van der Waals surface area contributed by atoms with Crippen molar-refractivity contribution in [3.8, 4) is 0 Å². The van der Waals surface area contributed by atoms with Gasteiger partial charge in [0.15, 0.2) is 0 Å². The average Bonchev–Trinajstić information content (AvgIpc) is 2.39. The number of rotatable bonds is 9. The summed E-state index contributed by atoms with van der Waals surface area (Å²) >= 11 is 2.06. The van der Waals surface area contributed by atoms with E-state index in [-0.39, 0.29) is 0 Å². The van der Waals surface area contributed by atoms with Gasteiger partial charge in [0.05, 0.1) is 0 Å². The summed E-state index contributed by atoms with van der Waals surface area (Å²) in [6.45, 7) is 13.2. The van der Waals surface area contributed by atoms with Crippen molar-refractivity contribution in [1.82, 2.24) is 10.2 Å². The predicted octanol–water partition coefficient (Wildman–Crippen LogP) is 3.62. The first-order valence-corrected chi connectivity index (χ1v) is 9.39. The highest BCUT2D eigenvalue weighted by Crippen LogP contribution is 2.20. The zero-order chi connectivity index (χ0) is 14.1. The summed E-state index contributed by atoms with van der Waals surface area (Å²) in [4.78, 5) is 2.66. The van der Waals surface area contributed by atoms with Crippen molar-refractivity contribution < 1.29 is 0 Å². The van der Waals surface area contributed by atoms with E-state index >= 15 is 0 Å². The van der Waals surface area contributed by atoms with Crippen molar-refractivity contribution in [2.45, 2.75) is 65.5 Å². The Balaban J connectivity index is 2.25. The lowest BCUT2D eigenvalue weighted by molar-refractivity contribution is 0.147. The zero-order valence-corrected chi connectivity index (χ0v) is 14.3. The number of nitrogens with one attached hydrogen (secondary N) is 1. The molecule has 0 radical (unpaired) electrons. The van der Waals surface area contributed by atoms with Crippen molar-refractivity contribution in [2.24, 2.45) is 5.92 Å². The predicted molar refractivity (Wildman–Crippen MR) is 89.1 cm³/mol. The van der Waals surface area contributed by atoms with Gasteiger partial charge < -0.3 is 10.2 Å². The Morgan fingerprint density at radius 3 is 2.79 bits per heavy atom. The van der Waals surface area contributed by atoms with Crippen LogP contribution in [0.5, 0.6) is 0 Å². The van der Waals surface area contributed by atoms with Gasteiger partial charge in [-0.2, -0.15) is 11.8 Å². The largest absolute Gasteiger partial charge is 0.311 e. The molecule has 0 saturated carbocycles. The van der Waals surface area contributed by atoms with Crippen LogP contribution in [0.2, 0.25) is 0 Å². The van der Waals surface area contributed by atoms with Gasteiger partial charge in [0, 0.05) is 18.6 Å². The van der Waals surface area contributed by atoms with E-state index < -0.39 is 0 Å². The molecule has 3 atom stereocenters. The van der Waals surface area contributed by atoms with Crippen molar-refractivity contribution in [2.75, 3.05) is 31.1 Å². The van der Waals surface area contributed by atoms with E-state index in [2.05, 4.69) is 49.7 Å². The van der Waals surface area contributed by atoms with Gasteiger partial charge in [0.25, 0.3) is 0 Å². The maximum absolute atomic E-state index is 3.83. The Hall–Kier alpha value is 0.270. The second-order valence-corrected chi connectivity index (χ2v) is 7.44. The normalized spacial score (nSPS) is 24.3. The summed E-state index contributed by atoms with van der Waals surface area (Å²) in [6.07, 6.45) is 5.38. The second kappa shape index (κ2) is 10.1. The van der Waals surface area contributed by atoms with Crippen molar-refractivity contribution in [1.29, 1.82) is 0 Å². The van der Waals surface area contributed by atoms with Crippen molar-refractivity contribution >= 4 is 11.8 Å². The second-order valence-electron chi connectivity index (χ2n) is 6.04. The van der Waals surface area contributed by atoms with Crippen LogP contribution in [-0.2, 0) is 0 Å². The minimum Gasteiger partial charge on any atom is -0.311 e. The molecular weight excluding hydrogens is 252 g/mol. The summed E-state index contributed by atoms with van der Waals surface area (Å²) in [6, 6.07) is 1.33. The fraction of sp³-hybridized carbons (Fsp3) is 1.00. The summed E-state index contributed by atoms with van der Waals surface area (Å²) in [5.41, 5.74) is 0. The van der Waals surface area contributed by atoms with Crippen molar-refractivity contribution in [3.05, 3.63) is 0 Å². The molecule has 0 bridgehead atoms. The quantitative estimate of drug-likeness (QED) is 0.652. The molecule has 1 heterocycles. The molecule has 0 aromatic rings. The van der Waals surface area contributed by atoms with E-state index in [0.29, 0.717) is 12.1 Å². The lowest BCUT2D eigenvalue weighted by atomic mass is 9.91. The zero-order valence-electron chi connectivity index (χ0n) is 13.5. The van der Waals surface area contributed by atoms with E-state index in [1.165, 1.54) is 56.8 Å². The van der Waals surface area contributed by atoms with Gasteiger partial charge >= 0.3 is 0 Å². The third kappa shape index (κ3) is 7.01. The maximum atomic E-state index is 3.83. The van der Waals surface area contributed by atoms with Crippen LogP contribution in [0.25, 0.3) is 0 Å². The first kappa shape index (κ1) is 17.3. The molecule has 19 heavy (non-hydrogen) atoms. The molecule has 0 aliphatic carbocycles. The van der Waals surface area contributed by atoms with E-state index in [0.717, 1.165) is 5.92 Å². The number of piperidine rings is 1. The van der Waals surface area contributed by atoms with E-state index in [1.807, 2.05) is 0 Å². The van der Waals surface area contributed by atoms with Crippen LogP contribution in [0.3, 0.4) is 0 Å². The van der Waals surface area contributed by atoms with Crippen LogP contribution in [-0.4, -0.2) is 48.1 Å². The fourth-order valence-corrected chi connectivity index (χ4v) is 3.90. The fourth-order valence-electron chi connectivity index (χ4n) is 3.09. The molecular formula is C16H34N2S. The van der Waals surface area contributed by atoms with Gasteiger partial charge in [-0.3, -0.25) is 0 Å². The highest BCUT2D eigenvalue weighted by molar-refractivity contribution is 7.99. The van der Waals surface area contributed by atoms with Crippen LogP contribution >= 0.6 is 11.8 Å². The molecule has 1 saturated heterocycles. The number of likely N-dealkylation sites (tertiary alicyclic amines) is 1. The molecule has 1 aliphatic heterocycles. The van der Waals surface area contributed by atoms with E-state index in [9.17, 15) is 0 Å². The van der Waals surface area contributed by atoms with Crippen LogP contribution in [0.15, 0.2) is 0 Å². The molecule has 1 rings (SSSR count). The van der Waals surface area contributed by atoms with Gasteiger partial charge in [-0.1, -0.05) is 13.8 Å². The topological polar surface area (TPSA) is 15.3 Å². The standard InChI is InChI=1S/C16H34N2S/c1-5-10-18-11-7-8-16(13-18)15(4)17-14(3)9-12-19-6-2/h14-17H,5-13H2,1-4H3. The molecule has 1 fully saturated rings. The molecule has 114 valence electrons. The van der Waals surface area contributed by atoms with Crippen LogP contribution in [0.4, 0.5) is 0 Å². The Morgan fingerprint density at radius 1 is 1.32 bits per heavy atom. The molecule has 0 spiro atoms. The third-order valence-electron chi connectivity index (χ3n) is 4.24. The molecule has 3 heteroatoms. The Bertz CT molecular complexity index is 221.